The number of carboxylic acid groups (broad SMARTS) is 1. The van der Waals surface area contributed by atoms with Crippen LogP contribution >= 0.6 is 0 Å². The van der Waals surface area contributed by atoms with Crippen molar-refractivity contribution < 1.29 is 19.4 Å². The Morgan fingerprint density at radius 3 is 2.61 bits per heavy atom. The molecule has 1 aliphatic rings. The van der Waals surface area contributed by atoms with Crippen molar-refractivity contribution in [3.8, 4) is 11.5 Å². The van der Waals surface area contributed by atoms with Crippen LogP contribution in [0.5, 0.6) is 11.5 Å². The van der Waals surface area contributed by atoms with Gasteiger partial charge in [0.1, 0.15) is 6.04 Å². The number of fused-ring (bicyclic) bond motifs is 1. The second-order valence-corrected chi connectivity index (χ2v) is 4.19. The smallest absolute Gasteiger partial charge is 0.322 e. The third-order valence-corrected chi connectivity index (χ3v) is 3.06. The van der Waals surface area contributed by atoms with Gasteiger partial charge in [0.2, 0.25) is 6.79 Å². The summed E-state index contributed by atoms with van der Waals surface area (Å²) in [4.78, 5) is 11.1. The average Bonchev–Trinajstić information content (AvgIpc) is 2.75. The van der Waals surface area contributed by atoms with Crippen molar-refractivity contribution in [1.29, 1.82) is 0 Å². The second kappa shape index (κ2) is 4.83. The van der Waals surface area contributed by atoms with Gasteiger partial charge in [0.05, 0.1) is 6.04 Å². The lowest BCUT2D eigenvalue weighted by Crippen LogP contribution is -2.43. The minimum atomic E-state index is -0.984. The number of likely N-dealkylation sites (N-methyl/N-ethyl adjacent to an activating group) is 1. The molecule has 0 fully saturated rings. The molecule has 0 bridgehead atoms. The highest BCUT2D eigenvalue weighted by Crippen LogP contribution is 2.36. The van der Waals surface area contributed by atoms with Crippen LogP contribution in [-0.4, -0.2) is 31.0 Å². The zero-order valence-electron chi connectivity index (χ0n) is 10.3. The summed E-state index contributed by atoms with van der Waals surface area (Å²) >= 11 is 0. The van der Waals surface area contributed by atoms with Crippen molar-refractivity contribution >= 4 is 5.97 Å². The lowest BCUT2D eigenvalue weighted by Gasteiger charge is -2.21. The minimum Gasteiger partial charge on any atom is -0.480 e. The third kappa shape index (κ3) is 2.12. The SMILES string of the molecule is CNC(C(=O)O)C(N)c1cc2c(cc1C)OCO2. The molecule has 1 heterocycles. The summed E-state index contributed by atoms with van der Waals surface area (Å²) in [6, 6.07) is 2.06. The average molecular weight is 252 g/mol. The standard InChI is InChI=1S/C12H16N2O4/c1-6-3-8-9(18-5-17-8)4-7(6)10(13)11(14-2)12(15)16/h3-4,10-11,14H,5,13H2,1-2H3,(H,15,16). The normalized spacial score (nSPS) is 16.4. The van der Waals surface area contributed by atoms with E-state index in [2.05, 4.69) is 5.32 Å². The maximum absolute atomic E-state index is 11.1. The Morgan fingerprint density at radius 2 is 2.06 bits per heavy atom. The molecule has 2 atom stereocenters. The predicted octanol–water partition coefficient (Wildman–Crippen LogP) is 0.396. The molecule has 6 heteroatoms. The maximum atomic E-state index is 11.1. The van der Waals surface area contributed by atoms with Gasteiger partial charge in [0, 0.05) is 0 Å². The van der Waals surface area contributed by atoms with Gasteiger partial charge in [-0.25, -0.2) is 0 Å². The Kier molecular flexibility index (Phi) is 3.40. The molecule has 4 N–H and O–H groups in total. The van der Waals surface area contributed by atoms with E-state index in [1.165, 1.54) is 0 Å². The number of benzene rings is 1. The molecule has 0 aliphatic carbocycles. The molecule has 0 radical (unpaired) electrons. The first-order valence-corrected chi connectivity index (χ1v) is 5.60. The van der Waals surface area contributed by atoms with Crippen LogP contribution in [0.1, 0.15) is 17.2 Å². The second-order valence-electron chi connectivity index (χ2n) is 4.19. The van der Waals surface area contributed by atoms with Crippen molar-refractivity contribution in [3.63, 3.8) is 0 Å². The van der Waals surface area contributed by atoms with Gasteiger partial charge in [0.15, 0.2) is 11.5 Å². The van der Waals surface area contributed by atoms with E-state index in [4.69, 9.17) is 20.3 Å². The first-order valence-electron chi connectivity index (χ1n) is 5.60. The third-order valence-electron chi connectivity index (χ3n) is 3.06. The highest BCUT2D eigenvalue weighted by atomic mass is 16.7. The molecule has 98 valence electrons. The van der Waals surface area contributed by atoms with Crippen LogP contribution in [-0.2, 0) is 4.79 Å². The molecule has 1 aromatic carbocycles. The van der Waals surface area contributed by atoms with Crippen molar-refractivity contribution in [2.45, 2.75) is 19.0 Å². The predicted molar refractivity (Wildman–Crippen MR) is 64.7 cm³/mol. The number of carboxylic acids is 1. The van der Waals surface area contributed by atoms with Crippen LogP contribution in [0.4, 0.5) is 0 Å². The van der Waals surface area contributed by atoms with Crippen LogP contribution in [0.25, 0.3) is 0 Å². The van der Waals surface area contributed by atoms with Crippen LogP contribution in [0.2, 0.25) is 0 Å². The lowest BCUT2D eigenvalue weighted by atomic mass is 9.95. The Morgan fingerprint density at radius 1 is 1.44 bits per heavy atom. The number of nitrogens with one attached hydrogen (secondary N) is 1. The lowest BCUT2D eigenvalue weighted by molar-refractivity contribution is -0.139. The summed E-state index contributed by atoms with van der Waals surface area (Å²) in [7, 11) is 1.57. The molecular formula is C12H16N2O4. The van der Waals surface area contributed by atoms with E-state index in [0.29, 0.717) is 11.5 Å². The Hall–Kier alpha value is -1.79. The van der Waals surface area contributed by atoms with Crippen LogP contribution in [0.15, 0.2) is 12.1 Å². The maximum Gasteiger partial charge on any atom is 0.322 e. The van der Waals surface area contributed by atoms with Gasteiger partial charge in [-0.2, -0.15) is 0 Å². The van der Waals surface area contributed by atoms with Gasteiger partial charge in [-0.3, -0.25) is 4.79 Å². The fourth-order valence-corrected chi connectivity index (χ4v) is 2.05. The first kappa shape index (κ1) is 12.7. The van der Waals surface area contributed by atoms with E-state index < -0.39 is 18.1 Å². The summed E-state index contributed by atoms with van der Waals surface area (Å²) in [5, 5.41) is 11.8. The van der Waals surface area contributed by atoms with E-state index in [1.807, 2.05) is 13.0 Å². The number of rotatable bonds is 4. The summed E-state index contributed by atoms with van der Waals surface area (Å²) < 4.78 is 10.5. The van der Waals surface area contributed by atoms with E-state index in [9.17, 15) is 4.79 Å². The fraction of sp³-hybridized carbons (Fsp3) is 0.417. The number of carbonyl (C=O) groups is 1. The van der Waals surface area contributed by atoms with E-state index in [0.717, 1.165) is 11.1 Å². The molecular weight excluding hydrogens is 236 g/mol. The van der Waals surface area contributed by atoms with Gasteiger partial charge >= 0.3 is 5.97 Å². The van der Waals surface area contributed by atoms with Crippen LogP contribution < -0.4 is 20.5 Å². The highest BCUT2D eigenvalue weighted by molar-refractivity contribution is 5.75. The summed E-state index contributed by atoms with van der Waals surface area (Å²) in [5.41, 5.74) is 7.63. The van der Waals surface area contributed by atoms with Gasteiger partial charge in [-0.05, 0) is 37.2 Å². The van der Waals surface area contributed by atoms with Crippen molar-refractivity contribution in [2.24, 2.45) is 5.73 Å². The molecule has 0 spiro atoms. The van der Waals surface area contributed by atoms with Gasteiger partial charge in [-0.1, -0.05) is 0 Å². The Labute approximate surface area is 105 Å². The topological polar surface area (TPSA) is 93.8 Å². The van der Waals surface area contributed by atoms with E-state index in [1.54, 1.807) is 13.1 Å². The zero-order chi connectivity index (χ0) is 13.3. The molecule has 2 unspecified atom stereocenters. The molecule has 18 heavy (non-hydrogen) atoms. The number of hydrogen-bond donors (Lipinski definition) is 3. The van der Waals surface area contributed by atoms with Crippen molar-refractivity contribution in [1.82, 2.24) is 5.32 Å². The minimum absolute atomic E-state index is 0.182. The quantitative estimate of drug-likeness (QED) is 0.718. The molecule has 0 amide bonds. The number of aliphatic carboxylic acids is 1. The largest absolute Gasteiger partial charge is 0.480 e. The summed E-state index contributed by atoms with van der Waals surface area (Å²) in [5.74, 6) is 0.285. The van der Waals surface area contributed by atoms with Gasteiger partial charge in [-0.15, -0.1) is 0 Å². The van der Waals surface area contributed by atoms with Crippen LogP contribution in [0.3, 0.4) is 0 Å². The highest BCUT2D eigenvalue weighted by Gasteiger charge is 2.27. The Balaban J connectivity index is 2.35. The van der Waals surface area contributed by atoms with Gasteiger partial charge < -0.3 is 25.6 Å². The zero-order valence-corrected chi connectivity index (χ0v) is 10.3. The molecule has 0 aromatic heterocycles. The van der Waals surface area contributed by atoms with E-state index >= 15 is 0 Å². The van der Waals surface area contributed by atoms with Crippen molar-refractivity contribution in [3.05, 3.63) is 23.3 Å². The molecule has 1 aliphatic heterocycles. The molecule has 6 nitrogen and oxygen atoms in total. The number of aryl methyl sites for hydroxylation is 1. The number of ether oxygens (including phenoxy) is 2. The van der Waals surface area contributed by atoms with Crippen molar-refractivity contribution in [2.75, 3.05) is 13.8 Å². The number of nitrogens with two attached hydrogens (primary N) is 1. The number of hydrogen-bond acceptors (Lipinski definition) is 5. The molecule has 0 saturated carbocycles. The van der Waals surface area contributed by atoms with Gasteiger partial charge in [0.25, 0.3) is 0 Å². The molecule has 2 rings (SSSR count). The summed E-state index contributed by atoms with van der Waals surface area (Å²) in [6.45, 7) is 2.05. The van der Waals surface area contributed by atoms with E-state index in [-0.39, 0.29) is 6.79 Å². The Bertz CT molecular complexity index is 475. The van der Waals surface area contributed by atoms with Crippen LogP contribution in [0, 0.1) is 6.92 Å². The molecule has 1 aromatic rings. The summed E-state index contributed by atoms with van der Waals surface area (Å²) in [6.07, 6.45) is 0. The first-order chi connectivity index (χ1) is 8.54. The molecule has 0 saturated heterocycles. The fourth-order valence-electron chi connectivity index (χ4n) is 2.05. The monoisotopic (exact) mass is 252 g/mol.